The zero-order valence-corrected chi connectivity index (χ0v) is 6.90. The molecule has 0 aromatic carbocycles. The number of rotatable bonds is 1. The Labute approximate surface area is 66.2 Å². The van der Waals surface area contributed by atoms with E-state index in [1.165, 1.54) is 0 Å². The highest BCUT2D eigenvalue weighted by atomic mass is 32.1. The van der Waals surface area contributed by atoms with E-state index in [2.05, 4.69) is 22.8 Å². The molecule has 1 heterocycles. The first-order valence-corrected chi connectivity index (χ1v) is 3.81. The molecule has 1 aliphatic rings. The number of carbonyl (C=O) groups is 1. The quantitative estimate of drug-likeness (QED) is 0.542. The molecule has 0 aliphatic carbocycles. The Morgan fingerprint density at radius 1 is 1.80 bits per heavy atom. The number of amides is 1. The van der Waals surface area contributed by atoms with Crippen LogP contribution in [0.1, 0.15) is 6.42 Å². The van der Waals surface area contributed by atoms with E-state index < -0.39 is 0 Å². The molecule has 0 bridgehead atoms. The second-order valence-electron chi connectivity index (χ2n) is 2.70. The van der Waals surface area contributed by atoms with E-state index in [1.807, 2.05) is 7.05 Å². The fourth-order valence-corrected chi connectivity index (χ4v) is 1.41. The van der Waals surface area contributed by atoms with Crippen LogP contribution in [0.2, 0.25) is 0 Å². The lowest BCUT2D eigenvalue weighted by Gasteiger charge is -2.09. The van der Waals surface area contributed by atoms with E-state index in [9.17, 15) is 4.79 Å². The first-order valence-electron chi connectivity index (χ1n) is 3.36. The minimum atomic E-state index is -0.222. The predicted molar refractivity (Wildman–Crippen MR) is 43.4 cm³/mol. The van der Waals surface area contributed by atoms with Crippen LogP contribution in [0.3, 0.4) is 0 Å². The van der Waals surface area contributed by atoms with Crippen LogP contribution in [-0.4, -0.2) is 36.3 Å². The highest BCUT2D eigenvalue weighted by molar-refractivity contribution is 7.96. The summed E-state index contributed by atoms with van der Waals surface area (Å²) in [6.45, 7) is 2.02. The van der Waals surface area contributed by atoms with E-state index in [-0.39, 0.29) is 5.24 Å². The lowest BCUT2D eigenvalue weighted by Crippen LogP contribution is -2.33. The molecular formula is C6H12N2OS. The molecule has 0 aromatic rings. The first-order chi connectivity index (χ1) is 4.68. The summed E-state index contributed by atoms with van der Waals surface area (Å²) in [5, 5.41) is 2.53. The summed E-state index contributed by atoms with van der Waals surface area (Å²) >= 11 is 3.63. The van der Waals surface area contributed by atoms with E-state index in [1.54, 1.807) is 0 Å². The zero-order chi connectivity index (χ0) is 7.56. The highest BCUT2D eigenvalue weighted by Gasteiger charge is 2.19. The Balaban J connectivity index is 2.24. The van der Waals surface area contributed by atoms with Crippen LogP contribution in [-0.2, 0) is 0 Å². The van der Waals surface area contributed by atoms with Gasteiger partial charge in [0, 0.05) is 12.6 Å². The van der Waals surface area contributed by atoms with Crippen LogP contribution < -0.4 is 5.32 Å². The van der Waals surface area contributed by atoms with Gasteiger partial charge < -0.3 is 10.2 Å². The van der Waals surface area contributed by atoms with Gasteiger partial charge in [-0.25, -0.2) is 0 Å². The Kier molecular flexibility index (Phi) is 2.56. The first kappa shape index (κ1) is 7.88. The van der Waals surface area contributed by atoms with Crippen molar-refractivity contribution in [2.45, 2.75) is 12.5 Å². The van der Waals surface area contributed by atoms with Gasteiger partial charge in [-0.15, -0.1) is 0 Å². The third-order valence-electron chi connectivity index (χ3n) is 1.72. The molecule has 3 nitrogen and oxygen atoms in total. The van der Waals surface area contributed by atoms with Crippen molar-refractivity contribution in [1.29, 1.82) is 0 Å². The number of nitrogens with one attached hydrogen (secondary N) is 1. The van der Waals surface area contributed by atoms with Crippen molar-refractivity contribution in [3.63, 3.8) is 0 Å². The second kappa shape index (κ2) is 3.25. The van der Waals surface area contributed by atoms with E-state index >= 15 is 0 Å². The smallest absolute Gasteiger partial charge is 0.276 e. The molecular weight excluding hydrogens is 148 g/mol. The van der Waals surface area contributed by atoms with Gasteiger partial charge in [-0.2, -0.15) is 0 Å². The highest BCUT2D eigenvalue weighted by Crippen LogP contribution is 2.05. The van der Waals surface area contributed by atoms with Gasteiger partial charge in [0.2, 0.25) is 0 Å². The maximum Gasteiger partial charge on any atom is 0.276 e. The molecule has 1 unspecified atom stereocenters. The molecule has 1 fully saturated rings. The van der Waals surface area contributed by atoms with Gasteiger partial charge in [0.25, 0.3) is 5.24 Å². The van der Waals surface area contributed by atoms with Crippen molar-refractivity contribution >= 4 is 17.9 Å². The summed E-state index contributed by atoms with van der Waals surface area (Å²) in [5.41, 5.74) is 0. The van der Waals surface area contributed by atoms with Gasteiger partial charge in [0.05, 0.1) is 0 Å². The van der Waals surface area contributed by atoms with Gasteiger partial charge >= 0.3 is 0 Å². The van der Waals surface area contributed by atoms with Gasteiger partial charge in [-0.05, 0) is 20.0 Å². The topological polar surface area (TPSA) is 32.3 Å². The zero-order valence-electron chi connectivity index (χ0n) is 6.00. The predicted octanol–water partition coefficient (Wildman–Crippen LogP) is 0.330. The standard InChI is InChI=1S/C6H12N2OS/c1-8-3-2-5(4-8)7-6(9)10/h5H,2-4H2,1H3,(H2,7,9,10). The summed E-state index contributed by atoms with van der Waals surface area (Å²) in [6.07, 6.45) is 1.04. The summed E-state index contributed by atoms with van der Waals surface area (Å²) < 4.78 is 0. The normalized spacial score (nSPS) is 26.8. The molecule has 1 saturated heterocycles. The summed E-state index contributed by atoms with van der Waals surface area (Å²) in [4.78, 5) is 12.6. The maximum atomic E-state index is 10.4. The van der Waals surface area contributed by atoms with Crippen molar-refractivity contribution in [3.8, 4) is 0 Å². The molecule has 1 amide bonds. The van der Waals surface area contributed by atoms with Crippen LogP contribution >= 0.6 is 12.6 Å². The fraction of sp³-hybridized carbons (Fsp3) is 0.833. The number of hydrogen-bond donors (Lipinski definition) is 2. The average Bonchev–Trinajstić information content (AvgIpc) is 2.13. The number of nitrogens with zero attached hydrogens (tertiary/aromatic N) is 1. The molecule has 0 radical (unpaired) electrons. The molecule has 4 heteroatoms. The van der Waals surface area contributed by atoms with E-state index in [4.69, 9.17) is 0 Å². The number of hydrogen-bond acceptors (Lipinski definition) is 2. The SMILES string of the molecule is CN1CCC(NC(=O)S)C1. The fourth-order valence-electron chi connectivity index (χ4n) is 1.23. The van der Waals surface area contributed by atoms with Crippen molar-refractivity contribution < 1.29 is 4.79 Å². The molecule has 1 N–H and O–H groups in total. The average molecular weight is 160 g/mol. The lowest BCUT2D eigenvalue weighted by molar-refractivity contribution is 0.257. The monoisotopic (exact) mass is 160 g/mol. The third kappa shape index (κ3) is 2.19. The number of likely N-dealkylation sites (N-methyl/N-ethyl adjacent to an activating group) is 1. The van der Waals surface area contributed by atoms with Crippen LogP contribution in [0.15, 0.2) is 0 Å². The van der Waals surface area contributed by atoms with Gasteiger partial charge in [0.15, 0.2) is 0 Å². The molecule has 0 saturated carbocycles. The number of carbonyl (C=O) groups excluding carboxylic acids is 1. The van der Waals surface area contributed by atoms with Gasteiger partial charge in [-0.1, -0.05) is 12.6 Å². The summed E-state index contributed by atoms with van der Waals surface area (Å²) in [7, 11) is 2.05. The Morgan fingerprint density at radius 3 is 2.90 bits per heavy atom. The van der Waals surface area contributed by atoms with Gasteiger partial charge in [-0.3, -0.25) is 4.79 Å². The van der Waals surface area contributed by atoms with E-state index in [0.717, 1.165) is 19.5 Å². The minimum Gasteiger partial charge on any atom is -0.343 e. The minimum absolute atomic E-state index is 0.222. The molecule has 0 aromatic heterocycles. The van der Waals surface area contributed by atoms with Crippen LogP contribution in [0.5, 0.6) is 0 Å². The Hall–Kier alpha value is -0.220. The molecule has 10 heavy (non-hydrogen) atoms. The molecule has 1 atom stereocenters. The Morgan fingerprint density at radius 2 is 2.50 bits per heavy atom. The largest absolute Gasteiger partial charge is 0.343 e. The Bertz CT molecular complexity index is 140. The second-order valence-corrected chi connectivity index (χ2v) is 3.10. The maximum absolute atomic E-state index is 10.4. The van der Waals surface area contributed by atoms with Crippen molar-refractivity contribution in [3.05, 3.63) is 0 Å². The van der Waals surface area contributed by atoms with Crippen molar-refractivity contribution in [2.24, 2.45) is 0 Å². The van der Waals surface area contributed by atoms with Crippen molar-refractivity contribution in [1.82, 2.24) is 10.2 Å². The number of thiol groups is 1. The molecule has 1 rings (SSSR count). The van der Waals surface area contributed by atoms with Crippen molar-refractivity contribution in [2.75, 3.05) is 20.1 Å². The van der Waals surface area contributed by atoms with Crippen LogP contribution in [0.4, 0.5) is 4.79 Å². The molecule has 1 aliphatic heterocycles. The number of likely N-dealkylation sites (tertiary alicyclic amines) is 1. The summed E-state index contributed by atoms with van der Waals surface area (Å²) in [6, 6.07) is 0.315. The third-order valence-corrected chi connectivity index (χ3v) is 1.85. The molecule has 0 spiro atoms. The molecule has 58 valence electrons. The van der Waals surface area contributed by atoms with Crippen LogP contribution in [0.25, 0.3) is 0 Å². The lowest BCUT2D eigenvalue weighted by atomic mass is 10.3. The van der Waals surface area contributed by atoms with Crippen LogP contribution in [0, 0.1) is 0 Å². The van der Waals surface area contributed by atoms with E-state index in [0.29, 0.717) is 6.04 Å². The van der Waals surface area contributed by atoms with Gasteiger partial charge in [0.1, 0.15) is 0 Å². The summed E-state index contributed by atoms with van der Waals surface area (Å²) in [5.74, 6) is 0.